The maximum atomic E-state index is 6.10. The number of nitrogens with one attached hydrogen (secondary N) is 1. The predicted molar refractivity (Wildman–Crippen MR) is 73.0 cm³/mol. The molecule has 0 saturated carbocycles. The molecule has 0 saturated heterocycles. The highest BCUT2D eigenvalue weighted by molar-refractivity contribution is 5.72. The molecule has 1 aromatic heterocycles. The van der Waals surface area contributed by atoms with Gasteiger partial charge in [0.15, 0.2) is 5.76 Å². The fourth-order valence-electron chi connectivity index (χ4n) is 2.56. The molecule has 3 rings (SSSR count). The van der Waals surface area contributed by atoms with Gasteiger partial charge in [0.1, 0.15) is 17.0 Å². The Morgan fingerprint density at radius 3 is 2.84 bits per heavy atom. The largest absolute Gasteiger partial charge is 0.482 e. The molecular formula is C15H18N2O2. The third-order valence-corrected chi connectivity index (χ3v) is 3.40. The average molecular weight is 258 g/mol. The van der Waals surface area contributed by atoms with Crippen LogP contribution in [0.2, 0.25) is 0 Å². The van der Waals surface area contributed by atoms with Gasteiger partial charge < -0.3 is 14.6 Å². The second-order valence-electron chi connectivity index (χ2n) is 5.22. The van der Waals surface area contributed by atoms with Gasteiger partial charge in [0, 0.05) is 6.54 Å². The Balaban J connectivity index is 2.13. The Labute approximate surface area is 112 Å². The molecule has 1 aromatic carbocycles. The Morgan fingerprint density at radius 1 is 1.26 bits per heavy atom. The highest BCUT2D eigenvalue weighted by Crippen LogP contribution is 2.46. The third-order valence-electron chi connectivity index (χ3n) is 3.40. The summed E-state index contributed by atoms with van der Waals surface area (Å²) < 4.78 is 11.7. The number of ether oxygens (including phenoxy) is 1. The van der Waals surface area contributed by atoms with Crippen LogP contribution < -0.4 is 10.1 Å². The van der Waals surface area contributed by atoms with E-state index in [2.05, 4.69) is 31.2 Å². The van der Waals surface area contributed by atoms with Gasteiger partial charge in [0.05, 0.1) is 11.1 Å². The summed E-state index contributed by atoms with van der Waals surface area (Å²) in [6.45, 7) is 7.77. The van der Waals surface area contributed by atoms with Crippen LogP contribution in [0.5, 0.6) is 5.75 Å². The van der Waals surface area contributed by atoms with Gasteiger partial charge in [0.25, 0.3) is 0 Å². The van der Waals surface area contributed by atoms with Crippen LogP contribution in [0.3, 0.4) is 0 Å². The molecule has 0 atom stereocenters. The van der Waals surface area contributed by atoms with Crippen LogP contribution in [-0.2, 0) is 12.1 Å². The molecule has 0 spiro atoms. The van der Waals surface area contributed by atoms with E-state index in [0.29, 0.717) is 6.54 Å². The van der Waals surface area contributed by atoms with Crippen LogP contribution in [0.4, 0.5) is 0 Å². The third kappa shape index (κ3) is 1.92. The molecule has 0 unspecified atom stereocenters. The van der Waals surface area contributed by atoms with E-state index in [-0.39, 0.29) is 0 Å². The number of aromatic nitrogens is 1. The van der Waals surface area contributed by atoms with Crippen molar-refractivity contribution in [3.63, 3.8) is 0 Å². The van der Waals surface area contributed by atoms with Gasteiger partial charge in [-0.15, -0.1) is 0 Å². The quantitative estimate of drug-likeness (QED) is 0.919. The second-order valence-corrected chi connectivity index (χ2v) is 5.22. The summed E-state index contributed by atoms with van der Waals surface area (Å²) in [4.78, 5) is 0. The minimum Gasteiger partial charge on any atom is -0.482 e. The summed E-state index contributed by atoms with van der Waals surface area (Å²) in [5.74, 6) is 1.69. The van der Waals surface area contributed by atoms with Crippen molar-refractivity contribution in [1.82, 2.24) is 10.5 Å². The molecular weight excluding hydrogens is 240 g/mol. The van der Waals surface area contributed by atoms with Crippen molar-refractivity contribution in [2.24, 2.45) is 0 Å². The summed E-state index contributed by atoms with van der Waals surface area (Å²) >= 11 is 0. The fraction of sp³-hybridized carbons (Fsp3) is 0.400. The van der Waals surface area contributed by atoms with Crippen LogP contribution >= 0.6 is 0 Å². The average Bonchev–Trinajstić information content (AvgIpc) is 2.81. The van der Waals surface area contributed by atoms with E-state index >= 15 is 0 Å². The summed E-state index contributed by atoms with van der Waals surface area (Å²) in [7, 11) is 0. The number of fused-ring (bicyclic) bond motifs is 3. The summed E-state index contributed by atoms with van der Waals surface area (Å²) in [5.41, 5.74) is 2.53. The van der Waals surface area contributed by atoms with E-state index in [0.717, 1.165) is 34.9 Å². The van der Waals surface area contributed by atoms with Gasteiger partial charge in [-0.1, -0.05) is 24.2 Å². The van der Waals surface area contributed by atoms with Gasteiger partial charge in [-0.2, -0.15) is 0 Å². The Kier molecular flexibility index (Phi) is 2.82. The maximum absolute atomic E-state index is 6.10. The molecule has 100 valence electrons. The Hall–Kier alpha value is -1.81. The van der Waals surface area contributed by atoms with Crippen molar-refractivity contribution in [1.29, 1.82) is 0 Å². The van der Waals surface area contributed by atoms with Crippen molar-refractivity contribution in [2.75, 3.05) is 6.54 Å². The number of hydrogen-bond donors (Lipinski definition) is 1. The summed E-state index contributed by atoms with van der Waals surface area (Å²) in [5, 5.41) is 7.50. The van der Waals surface area contributed by atoms with Crippen LogP contribution in [0, 0.1) is 0 Å². The lowest BCUT2D eigenvalue weighted by molar-refractivity contribution is 0.103. The van der Waals surface area contributed by atoms with E-state index in [9.17, 15) is 0 Å². The van der Waals surface area contributed by atoms with E-state index in [1.165, 1.54) is 0 Å². The first-order chi connectivity index (χ1) is 9.13. The lowest BCUT2D eigenvalue weighted by atomic mass is 9.90. The molecule has 1 aliphatic heterocycles. The number of rotatable bonds is 3. The van der Waals surface area contributed by atoms with E-state index in [4.69, 9.17) is 9.26 Å². The van der Waals surface area contributed by atoms with Crippen molar-refractivity contribution in [3.8, 4) is 17.1 Å². The van der Waals surface area contributed by atoms with Gasteiger partial charge in [-0.05, 0) is 32.5 Å². The highest BCUT2D eigenvalue weighted by Gasteiger charge is 2.38. The SMILES string of the molecule is CCNCc1noc2c1C(C)(C)Oc1ccccc1-2. The first-order valence-corrected chi connectivity index (χ1v) is 6.61. The molecule has 1 aliphatic rings. The number of benzene rings is 1. The van der Waals surface area contributed by atoms with E-state index < -0.39 is 5.60 Å². The molecule has 0 amide bonds. The predicted octanol–water partition coefficient (Wildman–Crippen LogP) is 3.08. The van der Waals surface area contributed by atoms with Crippen LogP contribution in [0.1, 0.15) is 32.0 Å². The lowest BCUT2D eigenvalue weighted by Crippen LogP contribution is -2.30. The van der Waals surface area contributed by atoms with Gasteiger partial charge in [0.2, 0.25) is 0 Å². The first kappa shape index (κ1) is 12.2. The molecule has 0 fully saturated rings. The molecule has 4 nitrogen and oxygen atoms in total. The van der Waals surface area contributed by atoms with Gasteiger partial charge in [-0.25, -0.2) is 0 Å². The van der Waals surface area contributed by atoms with Crippen LogP contribution in [0.25, 0.3) is 11.3 Å². The molecule has 1 N–H and O–H groups in total. The summed E-state index contributed by atoms with van der Waals surface area (Å²) in [6.07, 6.45) is 0. The minimum atomic E-state index is -0.422. The van der Waals surface area contributed by atoms with Crippen molar-refractivity contribution < 1.29 is 9.26 Å². The molecule has 19 heavy (non-hydrogen) atoms. The molecule has 0 aliphatic carbocycles. The Morgan fingerprint density at radius 2 is 2.05 bits per heavy atom. The maximum Gasteiger partial charge on any atom is 0.178 e. The number of hydrogen-bond acceptors (Lipinski definition) is 4. The minimum absolute atomic E-state index is 0.422. The smallest absolute Gasteiger partial charge is 0.178 e. The zero-order valence-corrected chi connectivity index (χ0v) is 11.5. The van der Waals surface area contributed by atoms with E-state index in [1.807, 2.05) is 24.3 Å². The molecule has 4 heteroatoms. The monoisotopic (exact) mass is 258 g/mol. The van der Waals surface area contributed by atoms with Gasteiger partial charge >= 0.3 is 0 Å². The number of para-hydroxylation sites is 1. The van der Waals surface area contributed by atoms with Crippen LogP contribution in [0.15, 0.2) is 28.8 Å². The van der Waals surface area contributed by atoms with E-state index in [1.54, 1.807) is 0 Å². The van der Waals surface area contributed by atoms with Crippen molar-refractivity contribution in [2.45, 2.75) is 32.9 Å². The highest BCUT2D eigenvalue weighted by atomic mass is 16.5. The first-order valence-electron chi connectivity index (χ1n) is 6.61. The number of nitrogens with zero attached hydrogens (tertiary/aromatic N) is 1. The second kappa shape index (κ2) is 4.38. The van der Waals surface area contributed by atoms with Crippen molar-refractivity contribution >= 4 is 0 Å². The standard InChI is InChI=1S/C15H18N2O2/c1-4-16-9-11-13-14(19-17-11)10-7-5-6-8-12(10)18-15(13,2)3/h5-8,16H,4,9H2,1-3H3. The Bertz CT molecular complexity index is 602. The topological polar surface area (TPSA) is 47.3 Å². The molecule has 0 radical (unpaired) electrons. The zero-order valence-electron chi connectivity index (χ0n) is 11.5. The van der Waals surface area contributed by atoms with Crippen LogP contribution in [-0.4, -0.2) is 11.7 Å². The fourth-order valence-corrected chi connectivity index (χ4v) is 2.56. The summed E-state index contributed by atoms with van der Waals surface area (Å²) in [6, 6.07) is 7.92. The molecule has 2 heterocycles. The lowest BCUT2D eigenvalue weighted by Gasteiger charge is -2.32. The molecule has 2 aromatic rings. The molecule has 0 bridgehead atoms. The zero-order chi connectivity index (χ0) is 13.5. The normalized spacial score (nSPS) is 15.5. The van der Waals surface area contributed by atoms with Gasteiger partial charge in [-0.3, -0.25) is 0 Å². The van der Waals surface area contributed by atoms with Crippen molar-refractivity contribution in [3.05, 3.63) is 35.5 Å².